The second-order valence-corrected chi connectivity index (χ2v) is 6.41. The van der Waals surface area contributed by atoms with Crippen molar-refractivity contribution in [2.45, 2.75) is 9.79 Å². The van der Waals surface area contributed by atoms with Crippen LogP contribution < -0.4 is 0 Å². The van der Waals surface area contributed by atoms with Crippen molar-refractivity contribution in [3.05, 3.63) is 71.8 Å². The van der Waals surface area contributed by atoms with Gasteiger partial charge in [0.15, 0.2) is 0 Å². The molecule has 0 aliphatic heterocycles. The third kappa shape index (κ3) is 5.10. The van der Waals surface area contributed by atoms with Crippen LogP contribution in [0.4, 0.5) is 0 Å². The molecule has 0 aliphatic carbocycles. The largest absolute Gasteiger partial charge is 0.299 e. The normalized spacial score (nSPS) is 12.1. The fraction of sp³-hybridized carbons (Fsp3) is 0. The topological polar surface area (TPSA) is 34.1 Å². The van der Waals surface area contributed by atoms with Crippen LogP contribution in [-0.2, 0) is 9.59 Å². The van der Waals surface area contributed by atoms with Crippen LogP contribution in [0.2, 0.25) is 0 Å². The highest BCUT2D eigenvalue weighted by Crippen LogP contribution is 2.30. The zero-order valence-corrected chi connectivity index (χ0v) is 14.2. The van der Waals surface area contributed by atoms with Crippen molar-refractivity contribution in [3.8, 4) is 0 Å². The van der Waals surface area contributed by atoms with E-state index in [2.05, 4.69) is 0 Å². The number of hydrogen-bond donors (Lipinski definition) is 0. The summed E-state index contributed by atoms with van der Waals surface area (Å²) < 4.78 is 0. The van der Waals surface area contributed by atoms with E-state index in [1.165, 1.54) is 12.2 Å². The Labute approximate surface area is 148 Å². The minimum absolute atomic E-state index is 0.414. The van der Waals surface area contributed by atoms with Crippen molar-refractivity contribution in [2.75, 3.05) is 0 Å². The molecule has 0 amide bonds. The Bertz CT molecular complexity index is 682. The fourth-order valence-corrected chi connectivity index (χ4v) is 2.98. The summed E-state index contributed by atoms with van der Waals surface area (Å²) >= 11 is 13.5. The van der Waals surface area contributed by atoms with E-state index in [-0.39, 0.29) is 0 Å². The molecule has 116 valence electrons. The highest BCUT2D eigenvalue weighted by Gasteiger charge is 2.02. The molecule has 0 saturated heterocycles. The first kappa shape index (κ1) is 17.5. The van der Waals surface area contributed by atoms with Gasteiger partial charge in [0.25, 0.3) is 0 Å². The summed E-state index contributed by atoms with van der Waals surface area (Å²) in [6.45, 7) is 0. The summed E-state index contributed by atoms with van der Waals surface area (Å²) in [6, 6.07) is 15.2. The monoisotopic (exact) mass is 362 g/mol. The number of hydrogen-bond acceptors (Lipinski definition) is 3. The zero-order valence-electron chi connectivity index (χ0n) is 11.9. The maximum atomic E-state index is 10.4. The summed E-state index contributed by atoms with van der Waals surface area (Å²) in [4.78, 5) is 22.9. The van der Waals surface area contributed by atoms with Gasteiger partial charge in [0.1, 0.15) is 12.6 Å². The Kier molecular flexibility index (Phi) is 6.66. The van der Waals surface area contributed by atoms with Crippen LogP contribution in [0, 0.1) is 0 Å². The van der Waals surface area contributed by atoms with Crippen molar-refractivity contribution in [3.63, 3.8) is 0 Å². The van der Waals surface area contributed by atoms with Crippen LogP contribution in [-0.4, -0.2) is 12.6 Å². The van der Waals surface area contributed by atoms with Gasteiger partial charge >= 0.3 is 0 Å². The Hall–Kier alpha value is -1.81. The van der Waals surface area contributed by atoms with Crippen LogP contribution in [0.25, 0.3) is 10.1 Å². The molecule has 0 fully saturated rings. The Morgan fingerprint density at radius 3 is 1.35 bits per heavy atom. The van der Waals surface area contributed by atoms with Crippen molar-refractivity contribution in [1.29, 1.82) is 0 Å². The van der Waals surface area contributed by atoms with E-state index in [0.29, 0.717) is 22.6 Å². The van der Waals surface area contributed by atoms with Gasteiger partial charge in [-0.1, -0.05) is 59.2 Å². The molecule has 2 nitrogen and oxygen atoms in total. The predicted octanol–water partition coefficient (Wildman–Crippen LogP) is 5.40. The lowest BCUT2D eigenvalue weighted by atomic mass is 10.2. The summed E-state index contributed by atoms with van der Waals surface area (Å²) in [5, 5.41) is 0.829. The second-order valence-electron chi connectivity index (χ2n) is 4.45. The number of carbonyl (C=O) groups is 2. The lowest BCUT2D eigenvalue weighted by molar-refractivity contribution is -0.104. The van der Waals surface area contributed by atoms with E-state index < -0.39 is 0 Å². The predicted molar refractivity (Wildman–Crippen MR) is 96.8 cm³/mol. The van der Waals surface area contributed by atoms with Gasteiger partial charge in [-0.05, 0) is 47.5 Å². The van der Waals surface area contributed by atoms with E-state index in [9.17, 15) is 9.59 Å². The molecule has 2 aromatic rings. The van der Waals surface area contributed by atoms with Gasteiger partial charge in [0, 0.05) is 9.79 Å². The van der Waals surface area contributed by atoms with Crippen molar-refractivity contribution in [1.82, 2.24) is 0 Å². The van der Waals surface area contributed by atoms with Gasteiger partial charge in [-0.2, -0.15) is 0 Å². The van der Waals surface area contributed by atoms with Crippen LogP contribution in [0.15, 0.2) is 70.5 Å². The first-order chi connectivity index (χ1) is 11.1. The molecule has 0 saturated carbocycles. The van der Waals surface area contributed by atoms with E-state index in [4.69, 9.17) is 23.2 Å². The maximum Gasteiger partial charge on any atom is 0.144 e. The third-order valence-electron chi connectivity index (χ3n) is 2.92. The van der Waals surface area contributed by atoms with Gasteiger partial charge in [0.05, 0.1) is 10.1 Å². The summed E-state index contributed by atoms with van der Waals surface area (Å²) in [6.07, 6.45) is 3.96. The highest BCUT2D eigenvalue weighted by atomic mass is 35.5. The van der Waals surface area contributed by atoms with Crippen LogP contribution in [0.1, 0.15) is 11.1 Å². The SMILES string of the molecule is O=CC=C(Cl)c1ccc(Sc2ccc(C(Cl)=CC=O)cc2)cc1. The molecule has 5 heteroatoms. The molecule has 0 radical (unpaired) electrons. The zero-order chi connectivity index (χ0) is 16.7. The number of carbonyl (C=O) groups excluding carboxylic acids is 2. The molecule has 0 spiro atoms. The summed E-state index contributed by atoms with van der Waals surface area (Å²) in [5.74, 6) is 0. The quantitative estimate of drug-likeness (QED) is 0.509. The minimum Gasteiger partial charge on any atom is -0.299 e. The smallest absolute Gasteiger partial charge is 0.144 e. The molecule has 0 atom stereocenters. The molecule has 0 N–H and O–H groups in total. The molecule has 2 aromatic carbocycles. The van der Waals surface area contributed by atoms with Gasteiger partial charge in [-0.25, -0.2) is 0 Å². The van der Waals surface area contributed by atoms with Crippen molar-refractivity contribution >= 4 is 57.6 Å². The molecule has 23 heavy (non-hydrogen) atoms. The summed E-state index contributed by atoms with van der Waals surface area (Å²) in [5.41, 5.74) is 1.59. The first-order valence-electron chi connectivity index (χ1n) is 6.64. The molecule has 0 unspecified atom stereocenters. The lowest BCUT2D eigenvalue weighted by Gasteiger charge is -2.05. The number of allylic oxidation sites excluding steroid dienone is 2. The molecule has 0 aliphatic rings. The Morgan fingerprint density at radius 1 is 0.696 bits per heavy atom. The van der Waals surface area contributed by atoms with E-state index in [1.807, 2.05) is 48.5 Å². The second kappa shape index (κ2) is 8.73. The van der Waals surface area contributed by atoms with E-state index in [0.717, 1.165) is 20.9 Å². The molecule has 0 bridgehead atoms. The van der Waals surface area contributed by atoms with Crippen LogP contribution >= 0.6 is 35.0 Å². The van der Waals surface area contributed by atoms with E-state index >= 15 is 0 Å². The average molecular weight is 363 g/mol. The van der Waals surface area contributed by atoms with Gasteiger partial charge in [-0.15, -0.1) is 0 Å². The Balaban J connectivity index is 2.10. The summed E-state index contributed by atoms with van der Waals surface area (Å²) in [7, 11) is 0. The lowest BCUT2D eigenvalue weighted by Crippen LogP contribution is -1.81. The fourth-order valence-electron chi connectivity index (χ4n) is 1.81. The molecular weight excluding hydrogens is 351 g/mol. The number of aldehydes is 2. The number of rotatable bonds is 6. The van der Waals surface area contributed by atoms with Gasteiger partial charge < -0.3 is 0 Å². The average Bonchev–Trinajstić information content (AvgIpc) is 2.56. The Morgan fingerprint density at radius 2 is 1.04 bits per heavy atom. The highest BCUT2D eigenvalue weighted by molar-refractivity contribution is 7.99. The van der Waals surface area contributed by atoms with Gasteiger partial charge in [0.2, 0.25) is 0 Å². The molecule has 2 rings (SSSR count). The van der Waals surface area contributed by atoms with Crippen molar-refractivity contribution in [2.24, 2.45) is 0 Å². The minimum atomic E-state index is 0.414. The molecule has 0 heterocycles. The molecular formula is C18H12Cl2O2S. The number of benzene rings is 2. The standard InChI is InChI=1S/C18H12Cl2O2S/c19-17(9-11-21)13-1-5-15(6-2-13)23-16-7-3-14(4-8-16)18(20)10-12-22/h1-12H. The first-order valence-corrected chi connectivity index (χ1v) is 8.22. The van der Waals surface area contributed by atoms with Gasteiger partial charge in [-0.3, -0.25) is 9.59 Å². The van der Waals surface area contributed by atoms with E-state index in [1.54, 1.807) is 11.8 Å². The van der Waals surface area contributed by atoms with Crippen molar-refractivity contribution < 1.29 is 9.59 Å². The van der Waals surface area contributed by atoms with Crippen LogP contribution in [0.3, 0.4) is 0 Å². The number of halogens is 2. The third-order valence-corrected chi connectivity index (χ3v) is 4.63. The maximum absolute atomic E-state index is 10.4. The molecule has 0 aromatic heterocycles. The van der Waals surface area contributed by atoms with Crippen LogP contribution in [0.5, 0.6) is 0 Å².